The van der Waals surface area contributed by atoms with Crippen LogP contribution in [-0.4, -0.2) is 0 Å². The smallest absolute Gasteiger partial charge is 0.123 e. The Labute approximate surface area is 107 Å². The van der Waals surface area contributed by atoms with Gasteiger partial charge in [0.2, 0.25) is 0 Å². The van der Waals surface area contributed by atoms with E-state index < -0.39 is 0 Å². The number of rotatable bonds is 4. The molecule has 94 valence electrons. The summed E-state index contributed by atoms with van der Waals surface area (Å²) in [7, 11) is 0. The van der Waals surface area contributed by atoms with E-state index in [2.05, 4.69) is 12.1 Å². The van der Waals surface area contributed by atoms with E-state index >= 15 is 0 Å². The molecule has 0 aliphatic carbocycles. The highest BCUT2D eigenvalue weighted by atomic mass is 19.1. The predicted octanol–water partition coefficient (Wildman–Crippen LogP) is 3.77. The fourth-order valence-electron chi connectivity index (χ4n) is 2.11. The molecule has 2 heteroatoms. The van der Waals surface area contributed by atoms with Gasteiger partial charge in [-0.3, -0.25) is 0 Å². The average Bonchev–Trinajstić information content (AvgIpc) is 2.36. The summed E-state index contributed by atoms with van der Waals surface area (Å²) in [5, 5.41) is 0. The summed E-state index contributed by atoms with van der Waals surface area (Å²) in [6.45, 7) is 1.89. The van der Waals surface area contributed by atoms with Crippen LogP contribution >= 0.6 is 0 Å². The lowest BCUT2D eigenvalue weighted by atomic mass is 9.98. The van der Waals surface area contributed by atoms with Gasteiger partial charge in [0.05, 0.1) is 0 Å². The van der Waals surface area contributed by atoms with Crippen LogP contribution in [0, 0.1) is 12.7 Å². The van der Waals surface area contributed by atoms with Crippen LogP contribution in [0.25, 0.3) is 0 Å². The first-order chi connectivity index (χ1) is 8.65. The van der Waals surface area contributed by atoms with Crippen LogP contribution in [0.5, 0.6) is 0 Å². The summed E-state index contributed by atoms with van der Waals surface area (Å²) < 4.78 is 13.3. The molecule has 1 atom stereocenters. The van der Waals surface area contributed by atoms with Crippen molar-refractivity contribution in [2.45, 2.75) is 25.8 Å². The van der Waals surface area contributed by atoms with Crippen molar-refractivity contribution in [3.8, 4) is 0 Å². The summed E-state index contributed by atoms with van der Waals surface area (Å²) in [5.74, 6) is -0.208. The number of hydrogen-bond acceptors (Lipinski definition) is 1. The molecule has 0 saturated carbocycles. The molecule has 0 aliphatic heterocycles. The minimum absolute atomic E-state index is 0.111. The third-order valence-corrected chi connectivity index (χ3v) is 3.08. The van der Waals surface area contributed by atoms with Gasteiger partial charge in [-0.05, 0) is 48.6 Å². The molecule has 1 unspecified atom stereocenters. The van der Waals surface area contributed by atoms with Gasteiger partial charge in [-0.15, -0.1) is 0 Å². The SMILES string of the molecule is Cc1cc(F)cc(C(N)CCc2ccccc2)c1. The molecular weight excluding hydrogens is 225 g/mol. The van der Waals surface area contributed by atoms with Gasteiger partial charge in [0, 0.05) is 6.04 Å². The monoisotopic (exact) mass is 243 g/mol. The number of nitrogens with two attached hydrogens (primary N) is 1. The molecule has 0 fully saturated rings. The maximum Gasteiger partial charge on any atom is 0.123 e. The van der Waals surface area contributed by atoms with Gasteiger partial charge in [0.15, 0.2) is 0 Å². The Kier molecular flexibility index (Phi) is 4.11. The van der Waals surface area contributed by atoms with E-state index in [9.17, 15) is 4.39 Å². The van der Waals surface area contributed by atoms with Gasteiger partial charge in [-0.25, -0.2) is 4.39 Å². The standard InChI is InChI=1S/C16H18FN/c1-12-9-14(11-15(17)10-12)16(18)8-7-13-5-3-2-4-6-13/h2-6,9-11,16H,7-8,18H2,1H3. The number of halogens is 1. The van der Waals surface area contributed by atoms with Gasteiger partial charge < -0.3 is 5.73 Å². The molecule has 18 heavy (non-hydrogen) atoms. The number of benzene rings is 2. The van der Waals surface area contributed by atoms with Crippen molar-refractivity contribution < 1.29 is 4.39 Å². The zero-order valence-electron chi connectivity index (χ0n) is 10.6. The topological polar surface area (TPSA) is 26.0 Å². The van der Waals surface area contributed by atoms with Crippen molar-refractivity contribution in [3.63, 3.8) is 0 Å². The van der Waals surface area contributed by atoms with Gasteiger partial charge >= 0.3 is 0 Å². The minimum Gasteiger partial charge on any atom is -0.324 e. The van der Waals surface area contributed by atoms with Crippen molar-refractivity contribution in [1.29, 1.82) is 0 Å². The number of aryl methyl sites for hydroxylation is 2. The van der Waals surface area contributed by atoms with Crippen molar-refractivity contribution >= 4 is 0 Å². The highest BCUT2D eigenvalue weighted by Gasteiger charge is 2.08. The Morgan fingerprint density at radius 2 is 1.83 bits per heavy atom. The summed E-state index contributed by atoms with van der Waals surface area (Å²) in [6, 6.07) is 15.1. The fraction of sp³-hybridized carbons (Fsp3) is 0.250. The Balaban J connectivity index is 2.01. The molecule has 0 bridgehead atoms. The first-order valence-electron chi connectivity index (χ1n) is 6.22. The van der Waals surface area contributed by atoms with Gasteiger partial charge in [-0.1, -0.05) is 36.4 Å². The maximum absolute atomic E-state index is 13.3. The molecule has 0 saturated heterocycles. The molecule has 2 aromatic rings. The van der Waals surface area contributed by atoms with Crippen LogP contribution < -0.4 is 5.73 Å². The molecule has 0 heterocycles. The molecular formula is C16H18FN. The summed E-state index contributed by atoms with van der Waals surface area (Å²) in [5.41, 5.74) is 9.17. The molecule has 0 aromatic heterocycles. The average molecular weight is 243 g/mol. The van der Waals surface area contributed by atoms with E-state index in [1.165, 1.54) is 17.7 Å². The molecule has 0 radical (unpaired) electrons. The van der Waals surface area contributed by atoms with Crippen molar-refractivity contribution in [2.75, 3.05) is 0 Å². The second-order valence-electron chi connectivity index (χ2n) is 4.69. The van der Waals surface area contributed by atoms with Crippen LogP contribution in [0.15, 0.2) is 48.5 Å². The van der Waals surface area contributed by atoms with E-state index in [-0.39, 0.29) is 11.9 Å². The third kappa shape index (κ3) is 3.41. The third-order valence-electron chi connectivity index (χ3n) is 3.08. The molecule has 0 spiro atoms. The van der Waals surface area contributed by atoms with Crippen LogP contribution in [0.4, 0.5) is 4.39 Å². The number of hydrogen-bond donors (Lipinski definition) is 1. The van der Waals surface area contributed by atoms with Crippen molar-refractivity contribution in [1.82, 2.24) is 0 Å². The van der Waals surface area contributed by atoms with E-state index in [1.54, 1.807) is 0 Å². The molecule has 2 N–H and O–H groups in total. The Hall–Kier alpha value is -1.67. The van der Waals surface area contributed by atoms with Crippen LogP contribution in [0.1, 0.15) is 29.2 Å². The molecule has 2 aromatic carbocycles. The van der Waals surface area contributed by atoms with E-state index in [0.717, 1.165) is 24.0 Å². The lowest BCUT2D eigenvalue weighted by Crippen LogP contribution is -2.11. The first kappa shape index (κ1) is 12.8. The van der Waals surface area contributed by atoms with Crippen molar-refractivity contribution in [3.05, 3.63) is 71.0 Å². The van der Waals surface area contributed by atoms with Crippen molar-refractivity contribution in [2.24, 2.45) is 5.73 Å². The fourth-order valence-corrected chi connectivity index (χ4v) is 2.11. The zero-order chi connectivity index (χ0) is 13.0. The molecule has 0 aliphatic rings. The maximum atomic E-state index is 13.3. The second kappa shape index (κ2) is 5.78. The first-order valence-corrected chi connectivity index (χ1v) is 6.22. The van der Waals surface area contributed by atoms with Crippen LogP contribution in [0.3, 0.4) is 0 Å². The van der Waals surface area contributed by atoms with E-state index in [0.29, 0.717) is 0 Å². The van der Waals surface area contributed by atoms with Gasteiger partial charge in [0.1, 0.15) is 5.82 Å². The quantitative estimate of drug-likeness (QED) is 0.869. The van der Waals surface area contributed by atoms with Crippen LogP contribution in [0.2, 0.25) is 0 Å². The lowest BCUT2D eigenvalue weighted by Gasteiger charge is -2.13. The Morgan fingerprint density at radius 3 is 2.50 bits per heavy atom. The molecule has 1 nitrogen and oxygen atoms in total. The van der Waals surface area contributed by atoms with Gasteiger partial charge in [0.25, 0.3) is 0 Å². The normalized spacial score (nSPS) is 12.4. The Morgan fingerprint density at radius 1 is 1.11 bits per heavy atom. The summed E-state index contributed by atoms with van der Waals surface area (Å²) in [4.78, 5) is 0. The largest absolute Gasteiger partial charge is 0.324 e. The lowest BCUT2D eigenvalue weighted by molar-refractivity contribution is 0.607. The van der Waals surface area contributed by atoms with Gasteiger partial charge in [-0.2, -0.15) is 0 Å². The zero-order valence-corrected chi connectivity index (χ0v) is 10.6. The van der Waals surface area contributed by atoms with E-state index in [1.807, 2.05) is 31.2 Å². The highest BCUT2D eigenvalue weighted by molar-refractivity contribution is 5.26. The minimum atomic E-state index is -0.208. The second-order valence-corrected chi connectivity index (χ2v) is 4.69. The van der Waals surface area contributed by atoms with E-state index in [4.69, 9.17) is 5.73 Å². The highest BCUT2D eigenvalue weighted by Crippen LogP contribution is 2.19. The molecule has 0 amide bonds. The molecule has 2 rings (SSSR count). The summed E-state index contributed by atoms with van der Waals surface area (Å²) in [6.07, 6.45) is 1.74. The Bertz CT molecular complexity index is 488. The summed E-state index contributed by atoms with van der Waals surface area (Å²) >= 11 is 0. The van der Waals surface area contributed by atoms with Crippen LogP contribution in [-0.2, 0) is 6.42 Å². The predicted molar refractivity (Wildman–Crippen MR) is 72.8 cm³/mol.